The van der Waals surface area contributed by atoms with Gasteiger partial charge in [-0.2, -0.15) is 5.10 Å². The highest BCUT2D eigenvalue weighted by atomic mass is 32.2. The monoisotopic (exact) mass is 385 g/mol. The molecule has 0 saturated carbocycles. The molecule has 0 aliphatic heterocycles. The lowest BCUT2D eigenvalue weighted by Crippen LogP contribution is -2.24. The summed E-state index contributed by atoms with van der Waals surface area (Å²) in [6.07, 6.45) is 2.83. The maximum atomic E-state index is 12.4. The second-order valence-electron chi connectivity index (χ2n) is 6.04. The molecule has 0 unspecified atom stereocenters. The van der Waals surface area contributed by atoms with Gasteiger partial charge in [-0.1, -0.05) is 17.7 Å². The number of sulfonamides is 1. The van der Waals surface area contributed by atoms with Crippen molar-refractivity contribution in [3.8, 4) is 0 Å². The van der Waals surface area contributed by atoms with E-state index in [1.807, 2.05) is 6.92 Å². The van der Waals surface area contributed by atoms with Gasteiger partial charge in [0.05, 0.1) is 4.90 Å². The molecule has 27 heavy (non-hydrogen) atoms. The number of aromatic nitrogens is 3. The third-order valence-corrected chi connectivity index (χ3v) is 5.35. The minimum Gasteiger partial charge on any atom is -0.324 e. The first-order chi connectivity index (χ1) is 12.8. The predicted molar refractivity (Wildman–Crippen MR) is 102 cm³/mol. The van der Waals surface area contributed by atoms with E-state index in [-0.39, 0.29) is 10.8 Å². The molecule has 0 aliphatic carbocycles. The fourth-order valence-corrected chi connectivity index (χ4v) is 3.40. The zero-order valence-corrected chi connectivity index (χ0v) is 15.6. The van der Waals surface area contributed by atoms with Crippen molar-refractivity contribution in [1.82, 2.24) is 14.8 Å². The van der Waals surface area contributed by atoms with Crippen LogP contribution in [0.15, 0.2) is 66.1 Å². The molecule has 140 valence electrons. The largest absolute Gasteiger partial charge is 0.324 e. The summed E-state index contributed by atoms with van der Waals surface area (Å²) in [7, 11) is -3.66. The Morgan fingerprint density at radius 1 is 1.04 bits per heavy atom. The molecule has 0 radical (unpaired) electrons. The highest BCUT2D eigenvalue weighted by Gasteiger charge is 2.16. The average molecular weight is 385 g/mol. The van der Waals surface area contributed by atoms with Crippen molar-refractivity contribution < 1.29 is 13.2 Å². The van der Waals surface area contributed by atoms with Crippen LogP contribution < -0.4 is 10.0 Å². The van der Waals surface area contributed by atoms with Crippen molar-refractivity contribution in [2.45, 2.75) is 24.8 Å². The summed E-state index contributed by atoms with van der Waals surface area (Å²) in [5.74, 6) is -0.256. The van der Waals surface area contributed by atoms with Gasteiger partial charge in [-0.3, -0.25) is 9.52 Å². The van der Waals surface area contributed by atoms with Crippen LogP contribution in [0.5, 0.6) is 0 Å². The van der Waals surface area contributed by atoms with Crippen LogP contribution in [0.1, 0.15) is 18.5 Å². The van der Waals surface area contributed by atoms with E-state index in [0.29, 0.717) is 11.4 Å². The lowest BCUT2D eigenvalue weighted by Gasteiger charge is -2.13. The maximum Gasteiger partial charge on any atom is 0.261 e. The third-order valence-electron chi connectivity index (χ3n) is 3.95. The Labute approximate surface area is 157 Å². The van der Waals surface area contributed by atoms with Crippen LogP contribution in [0.2, 0.25) is 0 Å². The van der Waals surface area contributed by atoms with Crippen molar-refractivity contribution >= 4 is 27.3 Å². The Morgan fingerprint density at radius 3 is 2.26 bits per heavy atom. The molecule has 2 N–H and O–H groups in total. The first-order valence-corrected chi connectivity index (χ1v) is 9.68. The topological polar surface area (TPSA) is 106 Å². The molecular weight excluding hydrogens is 366 g/mol. The van der Waals surface area contributed by atoms with E-state index in [9.17, 15) is 13.2 Å². The Morgan fingerprint density at radius 2 is 1.67 bits per heavy atom. The molecule has 1 aromatic heterocycles. The highest BCUT2D eigenvalue weighted by Crippen LogP contribution is 2.19. The number of carbonyl (C=O) groups excluding carboxylic acids is 1. The van der Waals surface area contributed by atoms with Crippen LogP contribution in [0.4, 0.5) is 11.4 Å². The molecule has 8 nitrogen and oxygen atoms in total. The lowest BCUT2D eigenvalue weighted by molar-refractivity contribution is -0.119. The molecule has 9 heteroatoms. The summed E-state index contributed by atoms with van der Waals surface area (Å²) >= 11 is 0. The zero-order valence-electron chi connectivity index (χ0n) is 14.8. The summed E-state index contributed by atoms with van der Waals surface area (Å²) in [6.45, 7) is 3.59. The minimum atomic E-state index is -3.66. The van der Waals surface area contributed by atoms with Gasteiger partial charge in [-0.15, -0.1) is 0 Å². The molecule has 1 atom stereocenters. The Bertz CT molecular complexity index is 1010. The summed E-state index contributed by atoms with van der Waals surface area (Å²) in [4.78, 5) is 16.2. The number of nitrogens with zero attached hydrogens (tertiary/aromatic N) is 3. The van der Waals surface area contributed by atoms with Gasteiger partial charge in [-0.05, 0) is 50.2 Å². The van der Waals surface area contributed by atoms with Gasteiger partial charge < -0.3 is 5.32 Å². The van der Waals surface area contributed by atoms with E-state index in [0.717, 1.165) is 5.56 Å². The van der Waals surface area contributed by atoms with Gasteiger partial charge in [0, 0.05) is 11.4 Å². The molecule has 2 aromatic carbocycles. The van der Waals surface area contributed by atoms with E-state index in [1.54, 1.807) is 55.5 Å². The SMILES string of the molecule is Cc1ccc(S(=O)(=O)Nc2ccc(NC(=O)[C@H](C)n3cncn3)cc2)cc1. The molecule has 1 heterocycles. The standard InChI is InChI=1S/C18H19N5O3S/c1-13-3-9-17(10-4-13)27(25,26)22-16-7-5-15(6-8-16)21-18(24)14(2)23-12-19-11-20-23/h3-12,14,22H,1-2H3,(H,21,24)/t14-/m0/s1. The van der Waals surface area contributed by atoms with E-state index in [2.05, 4.69) is 20.1 Å². The summed E-state index contributed by atoms with van der Waals surface area (Å²) in [5, 5.41) is 6.69. The van der Waals surface area contributed by atoms with Crippen molar-refractivity contribution in [2.75, 3.05) is 10.0 Å². The van der Waals surface area contributed by atoms with Gasteiger partial charge in [0.15, 0.2) is 0 Å². The number of aryl methyl sites for hydroxylation is 1. The van der Waals surface area contributed by atoms with Gasteiger partial charge in [0.1, 0.15) is 18.7 Å². The van der Waals surface area contributed by atoms with Crippen LogP contribution in [0.25, 0.3) is 0 Å². The molecule has 0 fully saturated rings. The highest BCUT2D eigenvalue weighted by molar-refractivity contribution is 7.92. The Kier molecular flexibility index (Phi) is 5.22. The van der Waals surface area contributed by atoms with Crippen LogP contribution in [-0.4, -0.2) is 29.1 Å². The predicted octanol–water partition coefficient (Wildman–Crippen LogP) is 2.59. The molecule has 0 bridgehead atoms. The van der Waals surface area contributed by atoms with Crippen molar-refractivity contribution in [3.63, 3.8) is 0 Å². The van der Waals surface area contributed by atoms with E-state index in [4.69, 9.17) is 0 Å². The van der Waals surface area contributed by atoms with Crippen LogP contribution in [-0.2, 0) is 14.8 Å². The average Bonchev–Trinajstić information content (AvgIpc) is 3.17. The second-order valence-corrected chi connectivity index (χ2v) is 7.72. The number of hydrogen-bond donors (Lipinski definition) is 2. The van der Waals surface area contributed by atoms with Gasteiger partial charge in [0.25, 0.3) is 10.0 Å². The molecule has 1 amide bonds. The van der Waals surface area contributed by atoms with Gasteiger partial charge >= 0.3 is 0 Å². The number of benzene rings is 2. The van der Waals surface area contributed by atoms with Crippen LogP contribution >= 0.6 is 0 Å². The lowest BCUT2D eigenvalue weighted by atomic mass is 10.2. The first kappa shape index (κ1) is 18.6. The summed E-state index contributed by atoms with van der Waals surface area (Å²) in [6, 6.07) is 12.5. The number of rotatable bonds is 6. The third kappa shape index (κ3) is 4.50. The molecule has 0 saturated heterocycles. The van der Waals surface area contributed by atoms with E-state index >= 15 is 0 Å². The van der Waals surface area contributed by atoms with Crippen LogP contribution in [0.3, 0.4) is 0 Å². The minimum absolute atomic E-state index is 0.187. The quantitative estimate of drug-likeness (QED) is 0.678. The van der Waals surface area contributed by atoms with Crippen LogP contribution in [0, 0.1) is 6.92 Å². The van der Waals surface area contributed by atoms with Gasteiger partial charge in [-0.25, -0.2) is 18.1 Å². The Balaban J connectivity index is 1.66. The fraction of sp³-hybridized carbons (Fsp3) is 0.167. The second kappa shape index (κ2) is 7.58. The fourth-order valence-electron chi connectivity index (χ4n) is 2.34. The van der Waals surface area contributed by atoms with E-state index in [1.165, 1.54) is 17.3 Å². The number of amides is 1. The summed E-state index contributed by atoms with van der Waals surface area (Å²) < 4.78 is 28.8. The number of nitrogens with one attached hydrogen (secondary N) is 2. The maximum absolute atomic E-state index is 12.4. The molecule has 0 aliphatic rings. The van der Waals surface area contributed by atoms with Gasteiger partial charge in [0.2, 0.25) is 5.91 Å². The molecule has 3 aromatic rings. The first-order valence-electron chi connectivity index (χ1n) is 8.20. The number of carbonyl (C=O) groups is 1. The number of hydrogen-bond acceptors (Lipinski definition) is 5. The Hall–Kier alpha value is -3.20. The zero-order chi connectivity index (χ0) is 19.4. The molecular formula is C18H19N5O3S. The molecule has 3 rings (SSSR count). The normalized spacial score (nSPS) is 12.4. The summed E-state index contributed by atoms with van der Waals surface area (Å²) in [5.41, 5.74) is 1.93. The number of anilines is 2. The smallest absolute Gasteiger partial charge is 0.261 e. The van der Waals surface area contributed by atoms with Crippen molar-refractivity contribution in [2.24, 2.45) is 0 Å². The van der Waals surface area contributed by atoms with E-state index < -0.39 is 16.1 Å². The van der Waals surface area contributed by atoms with Crippen molar-refractivity contribution in [1.29, 1.82) is 0 Å². The molecule has 0 spiro atoms. The van der Waals surface area contributed by atoms with Crippen molar-refractivity contribution in [3.05, 3.63) is 66.7 Å².